The lowest BCUT2D eigenvalue weighted by molar-refractivity contribution is -0.890. The highest BCUT2D eigenvalue weighted by Crippen LogP contribution is 2.09. The Bertz CT molecular complexity index is 478. The number of carbonyl (C=O) groups is 1. The molecule has 0 unspecified atom stereocenters. The summed E-state index contributed by atoms with van der Waals surface area (Å²) in [6, 6.07) is 0. The number of hydrogen-bond donors (Lipinski definition) is 1. The molecule has 0 aliphatic rings. The van der Waals surface area contributed by atoms with Crippen molar-refractivity contribution in [3.05, 3.63) is 0 Å². The molecule has 0 rings (SSSR count). The van der Waals surface area contributed by atoms with Gasteiger partial charge in [0.1, 0.15) is 0 Å². The fourth-order valence-corrected chi connectivity index (χ4v) is 3.68. The average molecular weight is 407 g/mol. The maximum absolute atomic E-state index is 11.9. The zero-order valence-electron chi connectivity index (χ0n) is 17.8. The zero-order chi connectivity index (χ0) is 20.6. The van der Waals surface area contributed by atoms with Crippen molar-refractivity contribution in [1.82, 2.24) is 5.32 Å². The van der Waals surface area contributed by atoms with Gasteiger partial charge in [0.05, 0.1) is 37.3 Å². The van der Waals surface area contributed by atoms with Crippen molar-refractivity contribution in [2.45, 2.75) is 84.0 Å². The topological polar surface area (TPSA) is 86.3 Å². The number of amides is 1. The van der Waals surface area contributed by atoms with E-state index in [4.69, 9.17) is 0 Å². The third kappa shape index (κ3) is 19.9. The second-order valence-corrected chi connectivity index (χ2v) is 9.80. The van der Waals surface area contributed by atoms with E-state index >= 15 is 0 Å². The molecule has 0 atom stereocenters. The number of hydrogen-bond acceptors (Lipinski definition) is 4. The number of carbonyl (C=O) groups excluding carboxylic acids is 1. The molecule has 0 spiro atoms. The third-order valence-electron chi connectivity index (χ3n) is 4.93. The lowest BCUT2D eigenvalue weighted by atomic mass is 10.1. The minimum Gasteiger partial charge on any atom is -0.748 e. The van der Waals surface area contributed by atoms with Crippen LogP contribution in [0.15, 0.2) is 0 Å². The molecule has 6 nitrogen and oxygen atoms in total. The van der Waals surface area contributed by atoms with Crippen LogP contribution in [0.4, 0.5) is 0 Å². The van der Waals surface area contributed by atoms with Crippen molar-refractivity contribution in [2.24, 2.45) is 0 Å². The summed E-state index contributed by atoms with van der Waals surface area (Å²) in [5.41, 5.74) is 0. The number of nitrogens with one attached hydrogen (secondary N) is 1. The Hall–Kier alpha value is -0.660. The molecule has 0 radical (unpaired) electrons. The summed E-state index contributed by atoms with van der Waals surface area (Å²) in [5.74, 6) is -0.217. The van der Waals surface area contributed by atoms with Crippen LogP contribution in [0, 0.1) is 0 Å². The van der Waals surface area contributed by atoms with Gasteiger partial charge >= 0.3 is 0 Å². The third-order valence-corrected chi connectivity index (χ3v) is 5.72. The summed E-state index contributed by atoms with van der Waals surface area (Å²) in [4.78, 5) is 11.9. The first kappa shape index (κ1) is 26.3. The van der Waals surface area contributed by atoms with Crippen LogP contribution < -0.4 is 5.32 Å². The molecule has 0 aromatic carbocycles. The molecule has 1 amide bonds. The fourth-order valence-electron chi connectivity index (χ4n) is 3.20. The number of nitrogens with zero attached hydrogens (tertiary/aromatic N) is 1. The molecule has 7 heteroatoms. The van der Waals surface area contributed by atoms with Crippen molar-refractivity contribution in [1.29, 1.82) is 0 Å². The molecule has 0 aromatic rings. The maximum Gasteiger partial charge on any atom is 0.220 e. The first-order valence-electron chi connectivity index (χ1n) is 10.7. The molecule has 162 valence electrons. The Morgan fingerprint density at radius 1 is 0.852 bits per heavy atom. The molecule has 0 saturated heterocycles. The number of quaternary nitrogens is 1. The van der Waals surface area contributed by atoms with Gasteiger partial charge in [-0.3, -0.25) is 4.79 Å². The monoisotopic (exact) mass is 406 g/mol. The summed E-state index contributed by atoms with van der Waals surface area (Å²) in [6.07, 6.45) is 13.1. The Morgan fingerprint density at radius 2 is 1.37 bits per heavy atom. The van der Waals surface area contributed by atoms with Gasteiger partial charge in [-0.1, -0.05) is 58.3 Å². The van der Waals surface area contributed by atoms with Crippen LogP contribution in [0.25, 0.3) is 0 Å². The van der Waals surface area contributed by atoms with E-state index in [-0.39, 0.29) is 11.7 Å². The van der Waals surface area contributed by atoms with E-state index < -0.39 is 10.1 Å². The lowest BCUT2D eigenvalue weighted by Crippen LogP contribution is -2.42. The van der Waals surface area contributed by atoms with Gasteiger partial charge in [0.25, 0.3) is 0 Å². The molecule has 0 aliphatic carbocycles. The van der Waals surface area contributed by atoms with E-state index in [9.17, 15) is 17.8 Å². The van der Waals surface area contributed by atoms with Gasteiger partial charge in [-0.25, -0.2) is 8.42 Å². The molecule has 1 N–H and O–H groups in total. The van der Waals surface area contributed by atoms with Gasteiger partial charge in [0.15, 0.2) is 0 Å². The second kappa shape index (κ2) is 15.3. The molecular formula is C20H42N2O4S. The molecule has 0 aliphatic heterocycles. The molecule has 27 heavy (non-hydrogen) atoms. The van der Waals surface area contributed by atoms with E-state index in [2.05, 4.69) is 12.2 Å². The van der Waals surface area contributed by atoms with Gasteiger partial charge in [-0.2, -0.15) is 0 Å². The van der Waals surface area contributed by atoms with Gasteiger partial charge in [0.2, 0.25) is 5.91 Å². The second-order valence-electron chi connectivity index (χ2n) is 8.28. The minimum absolute atomic E-state index is 0.0942. The summed E-state index contributed by atoms with van der Waals surface area (Å²) in [5, 5.41) is 2.98. The number of unbranched alkanes of at least 4 members (excludes halogenated alkanes) is 8. The SMILES string of the molecule is CCCCCCCCCCCNC(=O)CCC[N+](C)(C)CCCS(=O)(=O)[O-]. The predicted octanol–water partition coefficient (Wildman–Crippen LogP) is 3.43. The van der Waals surface area contributed by atoms with Crippen LogP contribution >= 0.6 is 0 Å². The van der Waals surface area contributed by atoms with Crippen molar-refractivity contribution in [2.75, 3.05) is 39.5 Å². The van der Waals surface area contributed by atoms with Crippen LogP contribution in [-0.2, 0) is 14.9 Å². The van der Waals surface area contributed by atoms with Crippen LogP contribution in [0.3, 0.4) is 0 Å². The molecule has 0 bridgehead atoms. The molecule has 0 fully saturated rings. The molecule has 0 aromatic heterocycles. The standard InChI is InChI=1S/C20H42N2O4S/c1-4-5-6-7-8-9-10-11-12-16-21-20(23)15-13-17-22(2,3)18-14-19-27(24,25)26/h4-19H2,1-3H3,(H-,21,23,24,25,26). The summed E-state index contributed by atoms with van der Waals surface area (Å²) < 4.78 is 32.6. The largest absolute Gasteiger partial charge is 0.748 e. The highest BCUT2D eigenvalue weighted by molar-refractivity contribution is 7.85. The van der Waals surface area contributed by atoms with Crippen LogP contribution in [-0.4, -0.2) is 62.8 Å². The summed E-state index contributed by atoms with van der Waals surface area (Å²) >= 11 is 0. The van der Waals surface area contributed by atoms with E-state index in [0.717, 1.165) is 25.9 Å². The first-order valence-corrected chi connectivity index (χ1v) is 12.3. The smallest absolute Gasteiger partial charge is 0.220 e. The highest BCUT2D eigenvalue weighted by atomic mass is 32.2. The first-order chi connectivity index (χ1) is 12.7. The van der Waals surface area contributed by atoms with Crippen LogP contribution in [0.1, 0.15) is 84.0 Å². The molecule has 0 heterocycles. The Balaban J connectivity index is 3.55. The van der Waals surface area contributed by atoms with Gasteiger partial charge in [-0.15, -0.1) is 0 Å². The zero-order valence-corrected chi connectivity index (χ0v) is 18.6. The van der Waals surface area contributed by atoms with Gasteiger partial charge in [-0.05, 0) is 6.42 Å². The van der Waals surface area contributed by atoms with E-state index in [0.29, 0.717) is 23.9 Å². The lowest BCUT2D eigenvalue weighted by Gasteiger charge is -2.30. The minimum atomic E-state index is -4.13. The number of rotatable bonds is 18. The van der Waals surface area contributed by atoms with Crippen LogP contribution in [0.2, 0.25) is 0 Å². The Kier molecular flexibility index (Phi) is 14.9. The van der Waals surface area contributed by atoms with E-state index in [1.54, 1.807) is 0 Å². The fraction of sp³-hybridized carbons (Fsp3) is 0.950. The summed E-state index contributed by atoms with van der Waals surface area (Å²) in [6.45, 7) is 4.42. The quantitative estimate of drug-likeness (QED) is 0.215. The van der Waals surface area contributed by atoms with E-state index in [1.165, 1.54) is 51.4 Å². The average Bonchev–Trinajstić information content (AvgIpc) is 2.55. The Labute approximate surface area is 167 Å². The van der Waals surface area contributed by atoms with Crippen molar-refractivity contribution in [3.63, 3.8) is 0 Å². The highest BCUT2D eigenvalue weighted by Gasteiger charge is 2.15. The van der Waals surface area contributed by atoms with Gasteiger partial charge in [0, 0.05) is 31.6 Å². The summed E-state index contributed by atoms with van der Waals surface area (Å²) in [7, 11) is -0.134. The van der Waals surface area contributed by atoms with E-state index in [1.807, 2.05) is 14.1 Å². The Morgan fingerprint density at radius 3 is 1.93 bits per heavy atom. The normalized spacial score (nSPS) is 12.3. The molecular weight excluding hydrogens is 364 g/mol. The maximum atomic E-state index is 11.9. The molecule has 0 saturated carbocycles. The van der Waals surface area contributed by atoms with Crippen LogP contribution in [0.5, 0.6) is 0 Å². The van der Waals surface area contributed by atoms with Crippen molar-refractivity contribution < 1.29 is 22.2 Å². The van der Waals surface area contributed by atoms with Crippen molar-refractivity contribution in [3.8, 4) is 0 Å². The van der Waals surface area contributed by atoms with Gasteiger partial charge < -0.3 is 14.4 Å². The predicted molar refractivity (Wildman–Crippen MR) is 110 cm³/mol. The van der Waals surface area contributed by atoms with Crippen molar-refractivity contribution >= 4 is 16.0 Å².